The first kappa shape index (κ1) is 9.62. The molecule has 0 bridgehead atoms. The SMILES string of the molecule is Cc1cccc(F)c1C1(N)CC(O)C1. The molecule has 0 atom stereocenters. The molecule has 0 heterocycles. The van der Waals surface area contributed by atoms with Crippen LogP contribution in [0.25, 0.3) is 0 Å². The second-order valence-electron chi connectivity index (χ2n) is 4.15. The number of aryl methyl sites for hydroxylation is 1. The largest absolute Gasteiger partial charge is 0.393 e. The molecule has 1 aromatic rings. The molecule has 14 heavy (non-hydrogen) atoms. The van der Waals surface area contributed by atoms with Gasteiger partial charge in [0.2, 0.25) is 0 Å². The lowest BCUT2D eigenvalue weighted by Gasteiger charge is -2.43. The fraction of sp³-hybridized carbons (Fsp3) is 0.455. The fourth-order valence-corrected chi connectivity index (χ4v) is 2.25. The van der Waals surface area contributed by atoms with Crippen LogP contribution in [-0.2, 0) is 5.54 Å². The number of aliphatic hydroxyl groups excluding tert-OH is 1. The van der Waals surface area contributed by atoms with Crippen molar-refractivity contribution in [2.24, 2.45) is 5.73 Å². The lowest BCUT2D eigenvalue weighted by molar-refractivity contribution is 0.0190. The molecule has 0 unspecified atom stereocenters. The Kier molecular flexibility index (Phi) is 2.09. The van der Waals surface area contributed by atoms with Gasteiger partial charge in [0.1, 0.15) is 5.82 Å². The minimum atomic E-state index is -0.658. The van der Waals surface area contributed by atoms with Crippen LogP contribution in [0.2, 0.25) is 0 Å². The van der Waals surface area contributed by atoms with Crippen LogP contribution in [-0.4, -0.2) is 11.2 Å². The lowest BCUT2D eigenvalue weighted by atomic mass is 9.69. The summed E-state index contributed by atoms with van der Waals surface area (Å²) in [7, 11) is 0. The molecule has 1 aliphatic rings. The van der Waals surface area contributed by atoms with Gasteiger partial charge in [-0.2, -0.15) is 0 Å². The van der Waals surface area contributed by atoms with Crippen molar-refractivity contribution in [2.75, 3.05) is 0 Å². The van der Waals surface area contributed by atoms with Crippen LogP contribution in [0, 0.1) is 12.7 Å². The van der Waals surface area contributed by atoms with Gasteiger partial charge in [0.25, 0.3) is 0 Å². The molecule has 2 nitrogen and oxygen atoms in total. The average Bonchev–Trinajstić information content (AvgIpc) is 2.00. The second-order valence-corrected chi connectivity index (χ2v) is 4.15. The molecule has 1 aromatic carbocycles. The van der Waals surface area contributed by atoms with E-state index in [9.17, 15) is 9.50 Å². The van der Waals surface area contributed by atoms with E-state index in [-0.39, 0.29) is 11.9 Å². The van der Waals surface area contributed by atoms with Gasteiger partial charge in [0.15, 0.2) is 0 Å². The minimum absolute atomic E-state index is 0.264. The molecule has 2 rings (SSSR count). The second kappa shape index (κ2) is 3.04. The Morgan fingerprint density at radius 1 is 1.50 bits per heavy atom. The van der Waals surface area contributed by atoms with Crippen molar-refractivity contribution in [2.45, 2.75) is 31.4 Å². The van der Waals surface area contributed by atoms with Crippen LogP contribution in [0.3, 0.4) is 0 Å². The van der Waals surface area contributed by atoms with Crippen molar-refractivity contribution in [3.05, 3.63) is 35.1 Å². The molecular weight excluding hydrogens is 181 g/mol. The van der Waals surface area contributed by atoms with E-state index in [2.05, 4.69) is 0 Å². The number of aliphatic hydroxyl groups is 1. The van der Waals surface area contributed by atoms with E-state index in [0.29, 0.717) is 18.4 Å². The lowest BCUT2D eigenvalue weighted by Crippen LogP contribution is -2.52. The summed E-state index contributed by atoms with van der Waals surface area (Å²) < 4.78 is 13.5. The highest BCUT2D eigenvalue weighted by Crippen LogP contribution is 2.41. The number of hydrogen-bond donors (Lipinski definition) is 2. The first-order valence-corrected chi connectivity index (χ1v) is 4.75. The molecule has 1 fully saturated rings. The quantitative estimate of drug-likeness (QED) is 0.712. The fourth-order valence-electron chi connectivity index (χ4n) is 2.25. The number of nitrogens with two attached hydrogens (primary N) is 1. The Bertz CT molecular complexity index is 338. The standard InChI is InChI=1S/C11H14FNO/c1-7-3-2-4-9(12)10(7)11(13)5-8(14)6-11/h2-4,8,14H,5-6,13H2,1H3. The van der Waals surface area contributed by atoms with Gasteiger partial charge in [-0.15, -0.1) is 0 Å². The molecule has 0 aliphatic heterocycles. The minimum Gasteiger partial charge on any atom is -0.393 e. The smallest absolute Gasteiger partial charge is 0.128 e. The van der Waals surface area contributed by atoms with E-state index in [0.717, 1.165) is 5.56 Å². The molecule has 3 N–H and O–H groups in total. The van der Waals surface area contributed by atoms with Crippen molar-refractivity contribution >= 4 is 0 Å². The molecule has 0 radical (unpaired) electrons. The molecule has 0 saturated heterocycles. The molecule has 1 saturated carbocycles. The van der Waals surface area contributed by atoms with Crippen molar-refractivity contribution in [3.8, 4) is 0 Å². The van der Waals surface area contributed by atoms with Gasteiger partial charge in [-0.25, -0.2) is 4.39 Å². The molecule has 3 heteroatoms. The Labute approximate surface area is 82.5 Å². The highest BCUT2D eigenvalue weighted by Gasteiger charge is 2.43. The molecule has 0 aromatic heterocycles. The normalized spacial score (nSPS) is 31.3. The third-order valence-corrected chi connectivity index (χ3v) is 2.92. The summed E-state index contributed by atoms with van der Waals surface area (Å²) in [5, 5.41) is 9.22. The van der Waals surface area contributed by atoms with Crippen molar-refractivity contribution in [3.63, 3.8) is 0 Å². The average molecular weight is 195 g/mol. The third-order valence-electron chi connectivity index (χ3n) is 2.92. The number of benzene rings is 1. The number of halogens is 1. The maximum atomic E-state index is 13.5. The third kappa shape index (κ3) is 1.33. The topological polar surface area (TPSA) is 46.2 Å². The number of hydrogen-bond acceptors (Lipinski definition) is 2. The Morgan fingerprint density at radius 2 is 2.14 bits per heavy atom. The van der Waals surface area contributed by atoms with Gasteiger partial charge >= 0.3 is 0 Å². The van der Waals surface area contributed by atoms with Crippen molar-refractivity contribution in [1.82, 2.24) is 0 Å². The van der Waals surface area contributed by atoms with E-state index in [1.54, 1.807) is 6.07 Å². The highest BCUT2D eigenvalue weighted by molar-refractivity contribution is 5.36. The summed E-state index contributed by atoms with van der Waals surface area (Å²) in [4.78, 5) is 0. The van der Waals surface area contributed by atoms with Crippen molar-refractivity contribution < 1.29 is 9.50 Å². The summed E-state index contributed by atoms with van der Waals surface area (Å²) in [6.07, 6.45) is 0.530. The van der Waals surface area contributed by atoms with Crippen molar-refractivity contribution in [1.29, 1.82) is 0 Å². The van der Waals surface area contributed by atoms with Gasteiger partial charge in [-0.05, 0) is 31.4 Å². The van der Waals surface area contributed by atoms with Crippen LogP contribution >= 0.6 is 0 Å². The molecule has 0 amide bonds. The van der Waals surface area contributed by atoms with Crippen LogP contribution < -0.4 is 5.73 Å². The zero-order valence-corrected chi connectivity index (χ0v) is 8.13. The highest BCUT2D eigenvalue weighted by atomic mass is 19.1. The Hall–Kier alpha value is -0.930. The number of rotatable bonds is 1. The predicted molar refractivity (Wildman–Crippen MR) is 52.2 cm³/mol. The summed E-state index contributed by atoms with van der Waals surface area (Å²) in [6, 6.07) is 4.94. The zero-order valence-electron chi connectivity index (χ0n) is 8.13. The first-order chi connectivity index (χ1) is 6.53. The van der Waals surface area contributed by atoms with Crippen LogP contribution in [0.1, 0.15) is 24.0 Å². The molecule has 0 spiro atoms. The summed E-state index contributed by atoms with van der Waals surface area (Å²) in [5.41, 5.74) is 6.78. The van der Waals surface area contributed by atoms with Crippen LogP contribution in [0.4, 0.5) is 4.39 Å². The van der Waals surface area contributed by atoms with Gasteiger partial charge < -0.3 is 10.8 Å². The molecule has 1 aliphatic carbocycles. The van der Waals surface area contributed by atoms with E-state index in [1.165, 1.54) is 6.07 Å². The monoisotopic (exact) mass is 195 g/mol. The van der Waals surface area contributed by atoms with E-state index >= 15 is 0 Å². The zero-order chi connectivity index (χ0) is 10.3. The van der Waals surface area contributed by atoms with Crippen LogP contribution in [0.5, 0.6) is 0 Å². The van der Waals surface area contributed by atoms with Gasteiger partial charge in [0, 0.05) is 11.1 Å². The van der Waals surface area contributed by atoms with E-state index < -0.39 is 5.54 Å². The maximum absolute atomic E-state index is 13.5. The van der Waals surface area contributed by atoms with Gasteiger partial charge in [-0.3, -0.25) is 0 Å². The Morgan fingerprint density at radius 3 is 2.64 bits per heavy atom. The first-order valence-electron chi connectivity index (χ1n) is 4.75. The van der Waals surface area contributed by atoms with E-state index in [1.807, 2.05) is 13.0 Å². The predicted octanol–water partition coefficient (Wildman–Crippen LogP) is 1.44. The summed E-state index contributed by atoms with van der Waals surface area (Å²) >= 11 is 0. The van der Waals surface area contributed by atoms with E-state index in [4.69, 9.17) is 5.73 Å². The molecular formula is C11H14FNO. The summed E-state index contributed by atoms with van der Waals surface area (Å²) in [6.45, 7) is 1.84. The van der Waals surface area contributed by atoms with Gasteiger partial charge in [0.05, 0.1) is 6.10 Å². The maximum Gasteiger partial charge on any atom is 0.128 e. The van der Waals surface area contributed by atoms with Gasteiger partial charge in [-0.1, -0.05) is 12.1 Å². The molecule has 76 valence electrons. The Balaban J connectivity index is 2.41. The van der Waals surface area contributed by atoms with Crippen LogP contribution in [0.15, 0.2) is 18.2 Å². The summed E-state index contributed by atoms with van der Waals surface area (Å²) in [5.74, 6) is -0.264.